The molecule has 14 heteroatoms. The van der Waals surface area contributed by atoms with Crippen molar-refractivity contribution in [1.82, 2.24) is 21.3 Å². The lowest BCUT2D eigenvalue weighted by molar-refractivity contribution is -0.0759. The van der Waals surface area contributed by atoms with Crippen molar-refractivity contribution < 1.29 is 49.8 Å². The Hall–Kier alpha value is -6.00. The predicted molar refractivity (Wildman–Crippen MR) is 210 cm³/mol. The fourth-order valence-electron chi connectivity index (χ4n) is 7.42. The SMILES string of the molecule is C.C[C@@H]1N/C(=C/NC(=O)c2cccc3c2C(=O)c2ccccc2-3)[C@@H](O)[C@H](O)[C@@H]1O.C[C@@H]1N/C(=C\NC(=O)c2cccc3c2C(=O)c2ccccc2-3)[C@@H](O)[C@H](O)[C@@H]1O. The van der Waals surface area contributed by atoms with E-state index in [1.54, 1.807) is 74.5 Å². The molecule has 0 saturated carbocycles. The lowest BCUT2D eigenvalue weighted by atomic mass is 9.95. The Morgan fingerprint density at radius 2 is 0.842 bits per heavy atom. The van der Waals surface area contributed by atoms with E-state index in [0.717, 1.165) is 11.1 Å². The second-order valence-electron chi connectivity index (χ2n) is 14.1. The topological polar surface area (TPSA) is 238 Å². The maximum absolute atomic E-state index is 12.8. The molecule has 296 valence electrons. The van der Waals surface area contributed by atoms with Gasteiger partial charge < -0.3 is 51.9 Å². The van der Waals surface area contributed by atoms with E-state index in [-0.39, 0.29) is 41.5 Å². The molecule has 57 heavy (non-hydrogen) atoms. The number of aliphatic hydroxyl groups is 6. The molecule has 4 aromatic carbocycles. The lowest BCUT2D eigenvalue weighted by Crippen LogP contribution is -2.57. The van der Waals surface area contributed by atoms with Crippen LogP contribution in [0.5, 0.6) is 0 Å². The maximum atomic E-state index is 12.8. The Bertz CT molecular complexity index is 2160. The van der Waals surface area contributed by atoms with Crippen molar-refractivity contribution in [2.45, 2.75) is 70.0 Å². The van der Waals surface area contributed by atoms with Crippen LogP contribution in [0, 0.1) is 0 Å². The Kier molecular flexibility index (Phi) is 11.6. The second kappa shape index (κ2) is 16.2. The molecule has 8 atom stereocenters. The van der Waals surface area contributed by atoms with Crippen LogP contribution in [-0.4, -0.2) is 103 Å². The van der Waals surface area contributed by atoms with Crippen molar-refractivity contribution >= 4 is 23.4 Å². The van der Waals surface area contributed by atoms with Gasteiger partial charge in [-0.3, -0.25) is 19.2 Å². The Labute approximate surface area is 328 Å². The van der Waals surface area contributed by atoms with Crippen LogP contribution in [0.4, 0.5) is 0 Å². The van der Waals surface area contributed by atoms with Gasteiger partial charge in [0.25, 0.3) is 11.8 Å². The number of piperidine rings is 2. The minimum absolute atomic E-state index is 0. The number of rotatable bonds is 4. The van der Waals surface area contributed by atoms with Crippen LogP contribution in [0.3, 0.4) is 0 Å². The summed E-state index contributed by atoms with van der Waals surface area (Å²) in [4.78, 5) is 51.1. The first-order valence-electron chi connectivity index (χ1n) is 18.0. The lowest BCUT2D eigenvalue weighted by Gasteiger charge is -2.36. The third kappa shape index (κ3) is 7.26. The molecule has 4 aromatic rings. The van der Waals surface area contributed by atoms with Gasteiger partial charge in [0, 0.05) is 34.7 Å². The normalized spacial score (nSPS) is 26.7. The van der Waals surface area contributed by atoms with E-state index >= 15 is 0 Å². The van der Waals surface area contributed by atoms with E-state index in [4.69, 9.17) is 0 Å². The summed E-state index contributed by atoms with van der Waals surface area (Å²) in [6, 6.07) is 23.6. The van der Waals surface area contributed by atoms with E-state index in [1.807, 2.05) is 24.3 Å². The number of aliphatic hydroxyl groups excluding tert-OH is 6. The maximum Gasteiger partial charge on any atom is 0.256 e. The van der Waals surface area contributed by atoms with Crippen LogP contribution < -0.4 is 21.3 Å². The van der Waals surface area contributed by atoms with Gasteiger partial charge in [-0.15, -0.1) is 0 Å². The number of hydrogen-bond acceptors (Lipinski definition) is 12. The zero-order valence-corrected chi connectivity index (χ0v) is 30.2. The van der Waals surface area contributed by atoms with E-state index in [9.17, 15) is 49.8 Å². The van der Waals surface area contributed by atoms with Gasteiger partial charge in [0.15, 0.2) is 11.6 Å². The summed E-state index contributed by atoms with van der Waals surface area (Å²) >= 11 is 0. The number of fused-ring (bicyclic) bond motifs is 6. The molecule has 0 unspecified atom stereocenters. The van der Waals surface area contributed by atoms with Gasteiger partial charge in [-0.1, -0.05) is 80.2 Å². The van der Waals surface area contributed by atoms with Gasteiger partial charge in [-0.25, -0.2) is 0 Å². The van der Waals surface area contributed by atoms with Crippen molar-refractivity contribution in [3.8, 4) is 22.3 Å². The highest BCUT2D eigenvalue weighted by molar-refractivity contribution is 6.26. The summed E-state index contributed by atoms with van der Waals surface area (Å²) in [6.07, 6.45) is -5.20. The molecule has 2 fully saturated rings. The van der Waals surface area contributed by atoms with E-state index < -0.39 is 60.5 Å². The summed E-state index contributed by atoms with van der Waals surface area (Å²) < 4.78 is 0. The average molecular weight is 777 g/mol. The van der Waals surface area contributed by atoms with E-state index in [2.05, 4.69) is 21.3 Å². The standard InChI is InChI=1S/2C21H20N2O5.CH4/c2*1-10-17(24)20(27)19(26)15(23-10)9-22-21(28)14-8-4-7-12-11-5-2-3-6-13(11)18(25)16(12)14;/h2*2-10,17,19-20,23-24,26-27H,1H3,(H,22,28);1H4/b15-9+;15-9-;/t2*10-,17+,19+,20+;/m00./s1. The number of benzene rings is 4. The van der Waals surface area contributed by atoms with E-state index in [1.165, 1.54) is 12.4 Å². The summed E-state index contributed by atoms with van der Waals surface area (Å²) in [5.41, 5.74) is 5.66. The largest absolute Gasteiger partial charge is 0.388 e. The zero-order chi connectivity index (χ0) is 40.0. The number of amides is 2. The van der Waals surface area contributed by atoms with Gasteiger partial charge in [0.2, 0.25) is 0 Å². The molecule has 2 aliphatic carbocycles. The highest BCUT2D eigenvalue weighted by atomic mass is 16.4. The van der Waals surface area contributed by atoms with Crippen LogP contribution in [-0.2, 0) is 0 Å². The molecule has 4 aliphatic rings. The van der Waals surface area contributed by atoms with Crippen molar-refractivity contribution in [2.75, 3.05) is 0 Å². The molecule has 2 aliphatic heterocycles. The minimum Gasteiger partial charge on any atom is -0.388 e. The number of carbonyl (C=O) groups is 4. The number of ketones is 2. The molecule has 2 saturated heterocycles. The molecule has 2 heterocycles. The van der Waals surface area contributed by atoms with Crippen LogP contribution in [0.2, 0.25) is 0 Å². The van der Waals surface area contributed by atoms with Gasteiger partial charge in [0.1, 0.15) is 36.6 Å². The molecule has 2 amide bonds. The molecular formula is C43H44N4O10. The van der Waals surface area contributed by atoms with Crippen LogP contribution in [0.1, 0.15) is 73.8 Å². The van der Waals surface area contributed by atoms with Gasteiger partial charge >= 0.3 is 0 Å². The summed E-state index contributed by atoms with van der Waals surface area (Å²) in [7, 11) is 0. The fourth-order valence-corrected chi connectivity index (χ4v) is 7.42. The molecule has 0 radical (unpaired) electrons. The van der Waals surface area contributed by atoms with Crippen molar-refractivity contribution in [3.63, 3.8) is 0 Å². The smallest absolute Gasteiger partial charge is 0.256 e. The third-order valence-corrected chi connectivity index (χ3v) is 10.5. The molecule has 10 N–H and O–H groups in total. The van der Waals surface area contributed by atoms with Gasteiger partial charge in [0.05, 0.1) is 34.6 Å². The van der Waals surface area contributed by atoms with Crippen molar-refractivity contribution in [3.05, 3.63) is 142 Å². The predicted octanol–water partition coefficient (Wildman–Crippen LogP) is 1.72. The Balaban J connectivity index is 0.000000189. The molecule has 0 bridgehead atoms. The van der Waals surface area contributed by atoms with Gasteiger partial charge in [-0.2, -0.15) is 0 Å². The molecule has 0 aromatic heterocycles. The molecule has 14 nitrogen and oxygen atoms in total. The third-order valence-electron chi connectivity index (χ3n) is 10.5. The first-order valence-corrected chi connectivity index (χ1v) is 18.0. The fraction of sp³-hybridized carbons (Fsp3) is 0.256. The molecule has 8 rings (SSSR count). The number of nitrogens with one attached hydrogen (secondary N) is 4. The molecule has 0 spiro atoms. The van der Waals surface area contributed by atoms with Crippen molar-refractivity contribution in [1.29, 1.82) is 0 Å². The number of carbonyl (C=O) groups excluding carboxylic acids is 4. The summed E-state index contributed by atoms with van der Waals surface area (Å²) in [5.74, 6) is -1.42. The monoisotopic (exact) mass is 776 g/mol. The highest BCUT2D eigenvalue weighted by Gasteiger charge is 2.39. The van der Waals surface area contributed by atoms with Crippen molar-refractivity contribution in [2.24, 2.45) is 0 Å². The Morgan fingerprint density at radius 3 is 1.21 bits per heavy atom. The summed E-state index contributed by atoms with van der Waals surface area (Å²) in [6.45, 7) is 3.30. The van der Waals surface area contributed by atoms with Gasteiger partial charge in [-0.05, 0) is 48.2 Å². The Morgan fingerprint density at radius 1 is 0.509 bits per heavy atom. The van der Waals surface area contributed by atoms with E-state index in [0.29, 0.717) is 33.4 Å². The first-order chi connectivity index (χ1) is 26.8. The minimum atomic E-state index is -1.36. The van der Waals surface area contributed by atoms with Crippen LogP contribution in [0.15, 0.2) is 109 Å². The highest BCUT2D eigenvalue weighted by Crippen LogP contribution is 2.39. The quantitative estimate of drug-likeness (QED) is 0.123. The van der Waals surface area contributed by atoms with Crippen LogP contribution in [0.25, 0.3) is 22.3 Å². The summed E-state index contributed by atoms with van der Waals surface area (Å²) in [5, 5.41) is 70.3. The first kappa shape index (κ1) is 40.7. The zero-order valence-electron chi connectivity index (χ0n) is 30.2. The number of hydrogen-bond donors (Lipinski definition) is 10. The molecular weight excluding hydrogens is 732 g/mol. The second-order valence-corrected chi connectivity index (χ2v) is 14.1. The average Bonchev–Trinajstić information content (AvgIpc) is 3.68. The van der Waals surface area contributed by atoms with Crippen LogP contribution >= 0.6 is 0 Å².